The molecule has 0 spiro atoms. The van der Waals surface area contributed by atoms with Gasteiger partial charge in [0.2, 0.25) is 0 Å². The molecule has 0 saturated heterocycles. The Hall–Kier alpha value is -4.10. The van der Waals surface area contributed by atoms with Gasteiger partial charge in [-0.3, -0.25) is 9.59 Å². The molecular formula is C46H56Cl2F6N2O4. The molecule has 0 radical (unpaired) electrons. The average molecular weight is 886 g/mol. The fraction of sp³-hybridized carbons (Fsp3) is 0.435. The van der Waals surface area contributed by atoms with Gasteiger partial charge < -0.3 is 20.0 Å². The third-order valence-electron chi connectivity index (χ3n) is 9.54. The van der Waals surface area contributed by atoms with Crippen molar-refractivity contribution in [1.82, 2.24) is 9.80 Å². The fourth-order valence-corrected chi connectivity index (χ4v) is 6.98. The maximum absolute atomic E-state index is 12.9. The van der Waals surface area contributed by atoms with E-state index in [9.17, 15) is 35.9 Å². The van der Waals surface area contributed by atoms with Crippen LogP contribution in [0.25, 0.3) is 0 Å². The van der Waals surface area contributed by atoms with Gasteiger partial charge in [0.05, 0.1) is 11.1 Å². The van der Waals surface area contributed by atoms with Gasteiger partial charge in [0.1, 0.15) is 0 Å². The van der Waals surface area contributed by atoms with Crippen LogP contribution in [0.1, 0.15) is 96.6 Å². The molecule has 2 atom stereocenters. The second kappa shape index (κ2) is 26.3. The van der Waals surface area contributed by atoms with Crippen LogP contribution in [0.2, 0.25) is 10.0 Å². The lowest BCUT2D eigenvalue weighted by Crippen LogP contribution is -2.17. The molecule has 4 aromatic rings. The van der Waals surface area contributed by atoms with Crippen LogP contribution in [-0.4, -0.2) is 73.2 Å². The number of benzene rings is 4. The molecule has 14 heteroatoms. The van der Waals surface area contributed by atoms with Gasteiger partial charge in [-0.2, -0.15) is 26.3 Å². The fourth-order valence-electron chi connectivity index (χ4n) is 6.40. The van der Waals surface area contributed by atoms with Crippen molar-refractivity contribution >= 4 is 35.1 Å². The highest BCUT2D eigenvalue weighted by molar-refractivity contribution is 6.31. The number of carbonyl (C=O) groups is 2. The van der Waals surface area contributed by atoms with E-state index in [4.69, 9.17) is 33.4 Å². The summed E-state index contributed by atoms with van der Waals surface area (Å²) in [5.41, 5.74) is 2.11. The van der Waals surface area contributed by atoms with Gasteiger partial charge in [-0.25, -0.2) is 0 Å². The van der Waals surface area contributed by atoms with Crippen molar-refractivity contribution in [2.75, 3.05) is 41.3 Å². The lowest BCUT2D eigenvalue weighted by Gasteiger charge is -2.21. The van der Waals surface area contributed by atoms with Crippen molar-refractivity contribution in [3.63, 3.8) is 0 Å². The second-order valence-electron chi connectivity index (χ2n) is 15.1. The topological polar surface area (TPSA) is 81.1 Å². The highest BCUT2D eigenvalue weighted by Gasteiger charge is 2.31. The number of alkyl halides is 6. The molecule has 0 amide bonds. The molecule has 0 aliphatic carbocycles. The Labute approximate surface area is 360 Å². The Kier molecular flexibility index (Phi) is 22.8. The summed E-state index contributed by atoms with van der Waals surface area (Å²) in [6.45, 7) is 1.68. The maximum atomic E-state index is 12.9. The quantitative estimate of drug-likeness (QED) is 0.0721. The van der Waals surface area contributed by atoms with Crippen molar-refractivity contribution < 1.29 is 46.1 Å². The Morgan fingerprint density at radius 1 is 0.550 bits per heavy atom. The molecule has 2 N–H and O–H groups in total. The summed E-state index contributed by atoms with van der Waals surface area (Å²) < 4.78 is 77.5. The molecule has 4 aromatic carbocycles. The third kappa shape index (κ3) is 20.9. The van der Waals surface area contributed by atoms with Gasteiger partial charge in [-0.1, -0.05) is 109 Å². The van der Waals surface area contributed by atoms with Crippen molar-refractivity contribution in [3.8, 4) is 0 Å². The normalized spacial score (nSPS) is 12.6. The molecular weight excluding hydrogens is 829 g/mol. The first kappa shape index (κ1) is 52.0. The van der Waals surface area contributed by atoms with Gasteiger partial charge in [-0.05, 0) is 138 Å². The standard InChI is InChI=1S/2C19H21ClF3N.C8H14O4/c2*1-24(2)11-10-15(17-8-3-4-9-18(17)20)12-14-6-5-7-16(13-14)19(21,22)23;9-7(10)5-3-1-2-4-6-8(11)12/h2*3-9,13,15H,10-12H2,1-2H3;1-6H2,(H,9,10)(H,11,12). The lowest BCUT2D eigenvalue weighted by molar-refractivity contribution is -0.138. The first-order chi connectivity index (χ1) is 28.2. The third-order valence-corrected chi connectivity index (χ3v) is 10.2. The van der Waals surface area contributed by atoms with E-state index in [0.717, 1.165) is 62.0 Å². The molecule has 0 heterocycles. The van der Waals surface area contributed by atoms with Crippen LogP contribution < -0.4 is 0 Å². The molecule has 2 unspecified atom stereocenters. The van der Waals surface area contributed by atoms with Crippen molar-refractivity contribution in [2.45, 2.75) is 88.4 Å². The average Bonchev–Trinajstić information content (AvgIpc) is 3.17. The maximum Gasteiger partial charge on any atom is 0.416 e. The van der Waals surface area contributed by atoms with Crippen LogP contribution in [0.4, 0.5) is 26.3 Å². The molecule has 0 aliphatic rings. The minimum absolute atomic E-state index is 0.0737. The predicted molar refractivity (Wildman–Crippen MR) is 228 cm³/mol. The Balaban J connectivity index is 0.000000329. The number of hydrogen-bond donors (Lipinski definition) is 2. The number of unbranched alkanes of at least 4 members (excludes halogenated alkanes) is 3. The van der Waals surface area contributed by atoms with Crippen molar-refractivity contribution in [1.29, 1.82) is 0 Å². The number of nitrogens with zero attached hydrogens (tertiary/aromatic N) is 2. The SMILES string of the molecule is CN(C)CCC(Cc1cccc(C(F)(F)F)c1)c1ccccc1Cl.CN(C)CCC(Cc1cccc(C(F)(F)F)c1)c1ccccc1Cl.O=C(O)CCCCCCC(=O)O. The van der Waals surface area contributed by atoms with Gasteiger partial charge in [0.25, 0.3) is 0 Å². The zero-order valence-corrected chi connectivity index (χ0v) is 36.0. The molecule has 0 fully saturated rings. The Morgan fingerprint density at radius 2 is 0.900 bits per heavy atom. The Bertz CT molecular complexity index is 1750. The van der Waals surface area contributed by atoms with E-state index in [0.29, 0.717) is 46.9 Å². The number of hydrogen-bond acceptors (Lipinski definition) is 4. The van der Waals surface area contributed by atoms with Crippen molar-refractivity contribution in [2.24, 2.45) is 0 Å². The highest BCUT2D eigenvalue weighted by atomic mass is 35.5. The molecule has 0 bridgehead atoms. The summed E-state index contributed by atoms with van der Waals surface area (Å²) in [7, 11) is 7.92. The molecule has 4 rings (SSSR count). The minimum Gasteiger partial charge on any atom is -0.481 e. The van der Waals surface area contributed by atoms with E-state index in [2.05, 4.69) is 9.80 Å². The van der Waals surface area contributed by atoms with E-state index < -0.39 is 35.4 Å². The number of rotatable bonds is 19. The van der Waals surface area contributed by atoms with E-state index in [-0.39, 0.29) is 24.7 Å². The molecule has 330 valence electrons. The summed E-state index contributed by atoms with van der Waals surface area (Å²) in [6, 6.07) is 26.2. The van der Waals surface area contributed by atoms with E-state index in [1.165, 1.54) is 24.3 Å². The van der Waals surface area contributed by atoms with E-state index >= 15 is 0 Å². The van der Waals surface area contributed by atoms with Gasteiger partial charge in [0, 0.05) is 22.9 Å². The van der Waals surface area contributed by atoms with Crippen LogP contribution >= 0.6 is 23.2 Å². The molecule has 0 saturated carbocycles. The van der Waals surface area contributed by atoms with Crippen LogP contribution in [-0.2, 0) is 34.8 Å². The molecule has 0 aromatic heterocycles. The highest BCUT2D eigenvalue weighted by Crippen LogP contribution is 2.35. The number of halogens is 8. The summed E-state index contributed by atoms with van der Waals surface area (Å²) >= 11 is 12.6. The largest absolute Gasteiger partial charge is 0.481 e. The summed E-state index contributed by atoms with van der Waals surface area (Å²) in [4.78, 5) is 24.2. The smallest absolute Gasteiger partial charge is 0.416 e. The molecule has 6 nitrogen and oxygen atoms in total. The zero-order valence-electron chi connectivity index (χ0n) is 34.5. The molecule has 0 aliphatic heterocycles. The summed E-state index contributed by atoms with van der Waals surface area (Å²) in [6.07, 6.45) is -2.65. The number of carboxylic acid groups (broad SMARTS) is 2. The van der Waals surface area contributed by atoms with Crippen molar-refractivity contribution in [3.05, 3.63) is 140 Å². The second-order valence-corrected chi connectivity index (χ2v) is 15.9. The lowest BCUT2D eigenvalue weighted by atomic mass is 9.88. The van der Waals surface area contributed by atoms with Gasteiger partial charge in [0.15, 0.2) is 0 Å². The van der Waals surface area contributed by atoms with Gasteiger partial charge in [-0.15, -0.1) is 0 Å². The van der Waals surface area contributed by atoms with Crippen LogP contribution in [0.15, 0.2) is 97.1 Å². The Morgan fingerprint density at radius 3 is 1.20 bits per heavy atom. The first-order valence-electron chi connectivity index (χ1n) is 19.7. The first-order valence-corrected chi connectivity index (χ1v) is 20.5. The summed E-state index contributed by atoms with van der Waals surface area (Å²) in [5, 5.41) is 17.8. The van der Waals surface area contributed by atoms with Gasteiger partial charge >= 0.3 is 24.3 Å². The van der Waals surface area contributed by atoms with Crippen LogP contribution in [0.3, 0.4) is 0 Å². The predicted octanol–water partition coefficient (Wildman–Crippen LogP) is 12.8. The number of carboxylic acids is 2. The number of aliphatic carboxylic acids is 2. The monoisotopic (exact) mass is 884 g/mol. The zero-order chi connectivity index (χ0) is 44.9. The summed E-state index contributed by atoms with van der Waals surface area (Å²) in [5.74, 6) is -1.42. The molecule has 60 heavy (non-hydrogen) atoms. The minimum atomic E-state index is -4.32. The van der Waals surface area contributed by atoms with E-state index in [1.807, 2.05) is 76.7 Å². The van der Waals surface area contributed by atoms with E-state index in [1.54, 1.807) is 12.1 Å². The van der Waals surface area contributed by atoms with Crippen LogP contribution in [0.5, 0.6) is 0 Å². The van der Waals surface area contributed by atoms with Crippen LogP contribution in [0, 0.1) is 0 Å².